The van der Waals surface area contributed by atoms with E-state index in [1.165, 1.54) is 23.3 Å². The number of nitrogens with zero attached hydrogens (tertiary/aromatic N) is 2. The molecule has 1 heterocycles. The van der Waals surface area contributed by atoms with E-state index in [-0.39, 0.29) is 17.1 Å². The van der Waals surface area contributed by atoms with Crippen molar-refractivity contribution in [2.45, 2.75) is 13.8 Å². The quantitative estimate of drug-likeness (QED) is 0.507. The van der Waals surface area contributed by atoms with E-state index in [0.29, 0.717) is 11.5 Å². The smallest absolute Gasteiger partial charge is 0.339 e. The third kappa shape index (κ3) is 3.48. The number of aromatic nitrogens is 2. The summed E-state index contributed by atoms with van der Waals surface area (Å²) in [6.07, 6.45) is 0. The van der Waals surface area contributed by atoms with Crippen molar-refractivity contribution < 1.29 is 19.5 Å². The van der Waals surface area contributed by atoms with Crippen LogP contribution in [0.15, 0.2) is 65.2 Å². The van der Waals surface area contributed by atoms with Crippen LogP contribution in [0, 0.1) is 13.8 Å². The fraction of sp³-hybridized carbons (Fsp3) is 0.0870. The first-order valence-electron chi connectivity index (χ1n) is 9.01. The van der Waals surface area contributed by atoms with E-state index in [9.17, 15) is 9.90 Å². The predicted octanol–water partition coefficient (Wildman–Crippen LogP) is 5.09. The van der Waals surface area contributed by atoms with Crippen molar-refractivity contribution in [2.24, 2.45) is 0 Å². The minimum Gasteiger partial charge on any atom is -0.507 e. The van der Waals surface area contributed by atoms with Crippen LogP contribution in [0.25, 0.3) is 34.0 Å². The Balaban J connectivity index is 1.69. The Kier molecular flexibility index (Phi) is 4.60. The normalized spacial score (nSPS) is 10.8. The van der Waals surface area contributed by atoms with Gasteiger partial charge in [-0.15, -0.1) is 0 Å². The molecule has 29 heavy (non-hydrogen) atoms. The van der Waals surface area contributed by atoms with Crippen LogP contribution in [0.5, 0.6) is 5.75 Å². The third-order valence-corrected chi connectivity index (χ3v) is 4.82. The molecule has 0 atom stereocenters. The molecule has 0 radical (unpaired) electrons. The summed E-state index contributed by atoms with van der Waals surface area (Å²) in [6, 6.07) is 18.3. The number of benzene rings is 3. The van der Waals surface area contributed by atoms with Gasteiger partial charge in [-0.1, -0.05) is 35.5 Å². The molecule has 144 valence electrons. The molecule has 0 fully saturated rings. The SMILES string of the molecule is Cc1ccccc1-c1ccc(-c2nc(-c3ccc(O)c(C(=O)O)c3)no2)cc1C. The Morgan fingerprint density at radius 2 is 1.62 bits per heavy atom. The molecular weight excluding hydrogens is 368 g/mol. The first-order chi connectivity index (χ1) is 13.9. The van der Waals surface area contributed by atoms with Crippen LogP contribution in [-0.2, 0) is 0 Å². The summed E-state index contributed by atoms with van der Waals surface area (Å²) >= 11 is 0. The minimum absolute atomic E-state index is 0.215. The summed E-state index contributed by atoms with van der Waals surface area (Å²) < 4.78 is 5.39. The number of rotatable bonds is 4. The van der Waals surface area contributed by atoms with Gasteiger partial charge in [0.05, 0.1) is 0 Å². The molecule has 2 N–H and O–H groups in total. The van der Waals surface area contributed by atoms with Crippen LogP contribution < -0.4 is 0 Å². The Bertz CT molecular complexity index is 1230. The van der Waals surface area contributed by atoms with Gasteiger partial charge in [-0.2, -0.15) is 4.98 Å². The number of aromatic carboxylic acids is 1. The van der Waals surface area contributed by atoms with Crippen LogP contribution in [0.1, 0.15) is 21.5 Å². The van der Waals surface area contributed by atoms with Crippen LogP contribution in [0.4, 0.5) is 0 Å². The lowest BCUT2D eigenvalue weighted by Gasteiger charge is -2.10. The number of hydrogen-bond acceptors (Lipinski definition) is 5. The lowest BCUT2D eigenvalue weighted by atomic mass is 9.95. The maximum Gasteiger partial charge on any atom is 0.339 e. The third-order valence-electron chi connectivity index (χ3n) is 4.82. The van der Waals surface area contributed by atoms with Gasteiger partial charge in [0.2, 0.25) is 5.82 Å². The molecule has 6 heteroatoms. The number of carboxylic acid groups (broad SMARTS) is 1. The lowest BCUT2D eigenvalue weighted by molar-refractivity contribution is 0.0694. The lowest BCUT2D eigenvalue weighted by Crippen LogP contribution is -1.97. The van der Waals surface area contributed by atoms with Crippen LogP contribution >= 0.6 is 0 Å². The first kappa shape index (κ1) is 18.4. The van der Waals surface area contributed by atoms with Crippen molar-refractivity contribution in [3.05, 3.63) is 77.4 Å². The summed E-state index contributed by atoms with van der Waals surface area (Å²) in [6.45, 7) is 4.11. The molecule has 1 aromatic heterocycles. The molecule has 0 aliphatic heterocycles. The van der Waals surface area contributed by atoms with Gasteiger partial charge >= 0.3 is 5.97 Å². The van der Waals surface area contributed by atoms with E-state index in [0.717, 1.165) is 16.7 Å². The van der Waals surface area contributed by atoms with Crippen molar-refractivity contribution in [3.63, 3.8) is 0 Å². The van der Waals surface area contributed by atoms with Crippen molar-refractivity contribution in [1.29, 1.82) is 0 Å². The molecule has 0 aliphatic carbocycles. The second-order valence-corrected chi connectivity index (χ2v) is 6.80. The molecule has 0 amide bonds. The van der Waals surface area contributed by atoms with Gasteiger partial charge in [0.1, 0.15) is 11.3 Å². The van der Waals surface area contributed by atoms with Gasteiger partial charge < -0.3 is 14.7 Å². The molecular formula is C23H18N2O4. The van der Waals surface area contributed by atoms with Crippen molar-refractivity contribution in [1.82, 2.24) is 10.1 Å². The number of aryl methyl sites for hydroxylation is 2. The number of carboxylic acids is 1. The number of carbonyl (C=O) groups is 1. The number of hydrogen-bond donors (Lipinski definition) is 2. The minimum atomic E-state index is -1.23. The molecule has 0 saturated carbocycles. The predicted molar refractivity (Wildman–Crippen MR) is 109 cm³/mol. The largest absolute Gasteiger partial charge is 0.507 e. The zero-order valence-electron chi connectivity index (χ0n) is 15.9. The van der Waals surface area contributed by atoms with Crippen LogP contribution in [0.2, 0.25) is 0 Å². The van der Waals surface area contributed by atoms with Gasteiger partial charge in [0, 0.05) is 11.1 Å². The van der Waals surface area contributed by atoms with Crippen molar-refractivity contribution in [2.75, 3.05) is 0 Å². The first-order valence-corrected chi connectivity index (χ1v) is 9.01. The molecule has 0 unspecified atom stereocenters. The fourth-order valence-corrected chi connectivity index (χ4v) is 3.28. The fourth-order valence-electron chi connectivity index (χ4n) is 3.28. The molecule has 0 bridgehead atoms. The van der Waals surface area contributed by atoms with Gasteiger partial charge in [-0.25, -0.2) is 4.79 Å². The molecule has 4 aromatic rings. The second kappa shape index (κ2) is 7.24. The summed E-state index contributed by atoms with van der Waals surface area (Å²) in [4.78, 5) is 15.6. The highest BCUT2D eigenvalue weighted by molar-refractivity contribution is 5.92. The number of phenols is 1. The highest BCUT2D eigenvalue weighted by Gasteiger charge is 2.16. The topological polar surface area (TPSA) is 96.5 Å². The number of aromatic hydroxyl groups is 1. The van der Waals surface area contributed by atoms with E-state index in [2.05, 4.69) is 29.2 Å². The maximum atomic E-state index is 11.2. The van der Waals surface area contributed by atoms with Crippen molar-refractivity contribution >= 4 is 5.97 Å². The van der Waals surface area contributed by atoms with E-state index < -0.39 is 5.97 Å². The van der Waals surface area contributed by atoms with Crippen LogP contribution in [0.3, 0.4) is 0 Å². The van der Waals surface area contributed by atoms with Gasteiger partial charge in [0.15, 0.2) is 0 Å². The van der Waals surface area contributed by atoms with Gasteiger partial charge in [-0.05, 0) is 66.4 Å². The molecule has 0 saturated heterocycles. The van der Waals surface area contributed by atoms with Gasteiger partial charge in [-0.3, -0.25) is 0 Å². The molecule has 0 aliphatic rings. The highest BCUT2D eigenvalue weighted by Crippen LogP contribution is 2.31. The molecule has 6 nitrogen and oxygen atoms in total. The van der Waals surface area contributed by atoms with E-state index in [1.807, 2.05) is 37.3 Å². The Labute approximate surface area is 167 Å². The standard InChI is InChI=1S/C23H18N2O4/c1-13-5-3-4-6-17(13)18-9-7-16(11-14(18)2)22-24-21(25-29-22)15-8-10-20(26)19(12-15)23(27)28/h3-12,26H,1-2H3,(H,27,28). The molecule has 0 spiro atoms. The highest BCUT2D eigenvalue weighted by atomic mass is 16.5. The van der Waals surface area contributed by atoms with E-state index in [1.54, 1.807) is 6.07 Å². The van der Waals surface area contributed by atoms with E-state index >= 15 is 0 Å². The zero-order valence-corrected chi connectivity index (χ0v) is 15.9. The summed E-state index contributed by atoms with van der Waals surface area (Å²) in [5.41, 5.74) is 5.59. The Morgan fingerprint density at radius 1 is 0.897 bits per heavy atom. The van der Waals surface area contributed by atoms with Gasteiger partial charge in [0.25, 0.3) is 5.89 Å². The maximum absolute atomic E-state index is 11.2. The summed E-state index contributed by atoms with van der Waals surface area (Å²) in [7, 11) is 0. The Hall–Kier alpha value is -3.93. The average Bonchev–Trinajstić information content (AvgIpc) is 3.19. The Morgan fingerprint density at radius 3 is 2.34 bits per heavy atom. The van der Waals surface area contributed by atoms with E-state index in [4.69, 9.17) is 9.63 Å². The monoisotopic (exact) mass is 386 g/mol. The summed E-state index contributed by atoms with van der Waals surface area (Å²) in [5, 5.41) is 22.8. The molecule has 4 rings (SSSR count). The molecule has 3 aromatic carbocycles. The summed E-state index contributed by atoms with van der Waals surface area (Å²) in [5.74, 6) is -0.949. The zero-order chi connectivity index (χ0) is 20.5. The average molecular weight is 386 g/mol. The van der Waals surface area contributed by atoms with Crippen molar-refractivity contribution in [3.8, 4) is 39.7 Å². The van der Waals surface area contributed by atoms with Crippen LogP contribution in [-0.4, -0.2) is 26.3 Å². The second-order valence-electron chi connectivity index (χ2n) is 6.80.